The van der Waals surface area contributed by atoms with Gasteiger partial charge in [0.05, 0.1) is 5.71 Å². The first-order chi connectivity index (χ1) is 7.07. The summed E-state index contributed by atoms with van der Waals surface area (Å²) in [5.41, 5.74) is 1.02. The number of rotatable bonds is 1. The van der Waals surface area contributed by atoms with Crippen LogP contribution in [-0.2, 0) is 4.84 Å². The summed E-state index contributed by atoms with van der Waals surface area (Å²) < 4.78 is 36.8. The third-order valence-corrected chi connectivity index (χ3v) is 2.14. The normalized spacial score (nSPS) is 21.0. The Morgan fingerprint density at radius 2 is 1.87 bits per heavy atom. The largest absolute Gasteiger partial charge is 0.428 e. The van der Waals surface area contributed by atoms with Crippen LogP contribution in [0, 0.1) is 0 Å². The summed E-state index contributed by atoms with van der Waals surface area (Å²) in [5.74, 6) is 0. The van der Waals surface area contributed by atoms with E-state index in [1.807, 2.05) is 0 Å². The second-order valence-electron chi connectivity index (χ2n) is 3.24. The van der Waals surface area contributed by atoms with Gasteiger partial charge >= 0.3 is 6.18 Å². The molecule has 1 aromatic rings. The number of benzene rings is 1. The number of nitrogens with zero attached hydrogens (tertiary/aromatic N) is 1. The van der Waals surface area contributed by atoms with Crippen molar-refractivity contribution in [3.05, 3.63) is 35.9 Å². The Balaban J connectivity index is 2.11. The van der Waals surface area contributed by atoms with Gasteiger partial charge in [-0.1, -0.05) is 35.5 Å². The van der Waals surface area contributed by atoms with Crippen molar-refractivity contribution >= 4 is 5.71 Å². The van der Waals surface area contributed by atoms with Crippen molar-refractivity contribution in [3.8, 4) is 0 Å². The highest BCUT2D eigenvalue weighted by molar-refractivity contribution is 6.01. The van der Waals surface area contributed by atoms with Gasteiger partial charge in [0.15, 0.2) is 0 Å². The van der Waals surface area contributed by atoms with Gasteiger partial charge in [-0.15, -0.1) is 0 Å². The van der Waals surface area contributed by atoms with Crippen molar-refractivity contribution in [2.24, 2.45) is 5.16 Å². The van der Waals surface area contributed by atoms with Crippen molar-refractivity contribution in [2.75, 3.05) is 0 Å². The number of hydrogen-bond donors (Lipinski definition) is 0. The summed E-state index contributed by atoms with van der Waals surface area (Å²) >= 11 is 0. The molecule has 80 valence electrons. The third kappa shape index (κ3) is 2.11. The standard InChI is InChI=1S/C10H8F3NO/c11-10(12,13)9-6-8(14-15-9)7-4-2-1-3-5-7/h1-5,9H,6H2/t9-/m0/s1. The van der Waals surface area contributed by atoms with Crippen LogP contribution >= 0.6 is 0 Å². The minimum Gasteiger partial charge on any atom is -0.382 e. The lowest BCUT2D eigenvalue weighted by molar-refractivity contribution is -0.212. The second kappa shape index (κ2) is 3.56. The lowest BCUT2D eigenvalue weighted by atomic mass is 10.1. The Morgan fingerprint density at radius 1 is 1.20 bits per heavy atom. The van der Waals surface area contributed by atoms with E-state index in [4.69, 9.17) is 0 Å². The molecule has 1 atom stereocenters. The van der Waals surface area contributed by atoms with Gasteiger partial charge in [-0.05, 0) is 5.56 Å². The van der Waals surface area contributed by atoms with Crippen LogP contribution in [0.15, 0.2) is 35.5 Å². The van der Waals surface area contributed by atoms with E-state index in [2.05, 4.69) is 9.99 Å². The zero-order chi connectivity index (χ0) is 10.9. The molecule has 0 N–H and O–H groups in total. The van der Waals surface area contributed by atoms with Gasteiger partial charge in [-0.2, -0.15) is 13.2 Å². The molecule has 1 aliphatic rings. The smallest absolute Gasteiger partial charge is 0.382 e. The molecule has 1 heterocycles. The predicted octanol–water partition coefficient (Wildman–Crippen LogP) is 2.74. The van der Waals surface area contributed by atoms with Crippen molar-refractivity contribution in [1.82, 2.24) is 0 Å². The van der Waals surface area contributed by atoms with Crippen molar-refractivity contribution in [3.63, 3.8) is 0 Å². The van der Waals surface area contributed by atoms with E-state index >= 15 is 0 Å². The monoisotopic (exact) mass is 215 g/mol. The van der Waals surface area contributed by atoms with Gasteiger partial charge in [-0.3, -0.25) is 0 Å². The molecule has 0 radical (unpaired) electrons. The Morgan fingerprint density at radius 3 is 2.40 bits per heavy atom. The van der Waals surface area contributed by atoms with Crippen LogP contribution < -0.4 is 0 Å². The van der Waals surface area contributed by atoms with Gasteiger partial charge in [0, 0.05) is 6.42 Å². The molecule has 0 saturated carbocycles. The maximum atomic E-state index is 12.3. The molecule has 15 heavy (non-hydrogen) atoms. The van der Waals surface area contributed by atoms with E-state index in [9.17, 15) is 13.2 Å². The van der Waals surface area contributed by atoms with E-state index in [0.29, 0.717) is 11.3 Å². The molecule has 0 saturated heterocycles. The Hall–Kier alpha value is -1.52. The van der Waals surface area contributed by atoms with Gasteiger partial charge in [-0.25, -0.2) is 0 Å². The van der Waals surface area contributed by atoms with Crippen LogP contribution in [0.3, 0.4) is 0 Å². The average molecular weight is 215 g/mol. The number of alkyl halides is 3. The molecule has 2 rings (SSSR count). The maximum Gasteiger partial charge on any atom is 0.428 e. The first kappa shape index (κ1) is 10.0. The van der Waals surface area contributed by atoms with Crippen LogP contribution in [0.5, 0.6) is 0 Å². The van der Waals surface area contributed by atoms with E-state index in [-0.39, 0.29) is 6.42 Å². The maximum absolute atomic E-state index is 12.3. The molecule has 0 fully saturated rings. The van der Waals surface area contributed by atoms with E-state index in [1.54, 1.807) is 30.3 Å². The summed E-state index contributed by atoms with van der Waals surface area (Å²) in [5, 5.41) is 3.45. The molecular weight excluding hydrogens is 207 g/mol. The summed E-state index contributed by atoms with van der Waals surface area (Å²) in [6, 6.07) is 8.71. The molecule has 2 nitrogen and oxygen atoms in total. The predicted molar refractivity (Wildman–Crippen MR) is 48.5 cm³/mol. The molecule has 5 heteroatoms. The fourth-order valence-electron chi connectivity index (χ4n) is 1.35. The molecule has 0 aromatic heterocycles. The van der Waals surface area contributed by atoms with Crippen LogP contribution in [0.1, 0.15) is 12.0 Å². The van der Waals surface area contributed by atoms with Crippen LogP contribution in [-0.4, -0.2) is 18.0 Å². The van der Waals surface area contributed by atoms with Crippen molar-refractivity contribution in [2.45, 2.75) is 18.7 Å². The minimum absolute atomic E-state index is 0.215. The second-order valence-corrected chi connectivity index (χ2v) is 3.24. The highest BCUT2D eigenvalue weighted by Gasteiger charge is 2.45. The Bertz CT molecular complexity index is 372. The molecule has 0 spiro atoms. The highest BCUT2D eigenvalue weighted by Crippen LogP contribution is 2.30. The average Bonchev–Trinajstić information content (AvgIpc) is 2.67. The van der Waals surface area contributed by atoms with Gasteiger partial charge in [0.25, 0.3) is 0 Å². The molecular formula is C10H8F3NO. The fraction of sp³-hybridized carbons (Fsp3) is 0.300. The molecule has 0 aliphatic carbocycles. The lowest BCUT2D eigenvalue weighted by Gasteiger charge is -2.11. The fourth-order valence-corrected chi connectivity index (χ4v) is 1.35. The number of halogens is 3. The summed E-state index contributed by atoms with van der Waals surface area (Å²) in [6.07, 6.45) is -6.36. The Kier molecular flexibility index (Phi) is 2.38. The van der Waals surface area contributed by atoms with Crippen molar-refractivity contribution < 1.29 is 18.0 Å². The first-order valence-electron chi connectivity index (χ1n) is 4.42. The number of hydrogen-bond acceptors (Lipinski definition) is 2. The third-order valence-electron chi connectivity index (χ3n) is 2.14. The molecule has 1 aromatic carbocycles. The number of oxime groups is 1. The van der Waals surface area contributed by atoms with E-state index in [1.165, 1.54) is 0 Å². The topological polar surface area (TPSA) is 21.6 Å². The van der Waals surface area contributed by atoms with Gasteiger partial charge in [0.2, 0.25) is 6.10 Å². The zero-order valence-corrected chi connectivity index (χ0v) is 7.66. The molecule has 0 unspecified atom stereocenters. The zero-order valence-electron chi connectivity index (χ0n) is 7.66. The van der Waals surface area contributed by atoms with Crippen LogP contribution in [0.4, 0.5) is 13.2 Å². The highest BCUT2D eigenvalue weighted by atomic mass is 19.4. The van der Waals surface area contributed by atoms with Crippen LogP contribution in [0.25, 0.3) is 0 Å². The van der Waals surface area contributed by atoms with Crippen LogP contribution in [0.2, 0.25) is 0 Å². The summed E-state index contributed by atoms with van der Waals surface area (Å²) in [6.45, 7) is 0. The van der Waals surface area contributed by atoms with Gasteiger partial charge in [0.1, 0.15) is 0 Å². The summed E-state index contributed by atoms with van der Waals surface area (Å²) in [4.78, 5) is 4.35. The quantitative estimate of drug-likeness (QED) is 0.705. The first-order valence-corrected chi connectivity index (χ1v) is 4.42. The summed E-state index contributed by atoms with van der Waals surface area (Å²) in [7, 11) is 0. The van der Waals surface area contributed by atoms with Crippen molar-refractivity contribution in [1.29, 1.82) is 0 Å². The molecule has 0 bridgehead atoms. The Labute approximate surface area is 84.3 Å². The molecule has 0 amide bonds. The SMILES string of the molecule is FC(F)(F)[C@@H]1CC(c2ccccc2)=NO1. The minimum atomic E-state index is -4.35. The van der Waals surface area contributed by atoms with E-state index < -0.39 is 12.3 Å². The molecule has 1 aliphatic heterocycles. The lowest BCUT2D eigenvalue weighted by Crippen LogP contribution is -2.28. The van der Waals surface area contributed by atoms with E-state index in [0.717, 1.165) is 0 Å². The van der Waals surface area contributed by atoms with Gasteiger partial charge < -0.3 is 4.84 Å².